The summed E-state index contributed by atoms with van der Waals surface area (Å²) in [5.74, 6) is 0. The molecule has 1 nitrogen and oxygen atoms in total. The van der Waals surface area contributed by atoms with Gasteiger partial charge in [0.15, 0.2) is 0 Å². The van der Waals surface area contributed by atoms with Gasteiger partial charge in [-0.25, -0.2) is 0 Å². The summed E-state index contributed by atoms with van der Waals surface area (Å²) in [5, 5.41) is 0. The minimum Gasteiger partial charge on any atom is -0.374 e. The van der Waals surface area contributed by atoms with Crippen LogP contribution in [0.5, 0.6) is 0 Å². The third kappa shape index (κ3) is 3.74. The Labute approximate surface area is 128 Å². The fraction of sp³-hybridized carbons (Fsp3) is 0.400. The van der Waals surface area contributed by atoms with E-state index in [-0.39, 0.29) is 6.10 Å². The van der Waals surface area contributed by atoms with Gasteiger partial charge in [0.25, 0.3) is 0 Å². The van der Waals surface area contributed by atoms with E-state index >= 15 is 0 Å². The van der Waals surface area contributed by atoms with Crippen LogP contribution in [-0.2, 0) is 37.0 Å². The van der Waals surface area contributed by atoms with Crippen molar-refractivity contribution in [2.75, 3.05) is 0 Å². The molecular weight excluding hydrogens is 256 g/mol. The van der Waals surface area contributed by atoms with Gasteiger partial charge in [-0.05, 0) is 67.3 Å². The van der Waals surface area contributed by atoms with Gasteiger partial charge in [0, 0.05) is 0 Å². The highest BCUT2D eigenvalue weighted by Gasteiger charge is 2.08. The van der Waals surface area contributed by atoms with Crippen molar-refractivity contribution in [2.24, 2.45) is 0 Å². The Balaban J connectivity index is 1.88. The van der Waals surface area contributed by atoms with Gasteiger partial charge in [-0.3, -0.25) is 0 Å². The number of rotatable bonds is 3. The Kier molecular flexibility index (Phi) is 4.40. The van der Waals surface area contributed by atoms with Crippen molar-refractivity contribution in [3.8, 4) is 0 Å². The molecule has 4 aliphatic rings. The molecule has 0 fully saturated rings. The van der Waals surface area contributed by atoms with E-state index < -0.39 is 0 Å². The van der Waals surface area contributed by atoms with Gasteiger partial charge in [-0.15, -0.1) is 0 Å². The molecular formula is C20H24O. The van der Waals surface area contributed by atoms with E-state index in [0.717, 1.165) is 32.3 Å². The van der Waals surface area contributed by atoms with Crippen LogP contribution < -0.4 is 0 Å². The smallest absolute Gasteiger partial charge is 0.0723 e. The molecule has 0 heterocycles. The van der Waals surface area contributed by atoms with Crippen LogP contribution in [0.15, 0.2) is 42.5 Å². The van der Waals surface area contributed by atoms with E-state index in [1.165, 1.54) is 27.8 Å². The van der Waals surface area contributed by atoms with Crippen LogP contribution in [0.2, 0.25) is 0 Å². The summed E-state index contributed by atoms with van der Waals surface area (Å²) in [4.78, 5) is 0. The average Bonchev–Trinajstić information content (AvgIpc) is 2.48. The lowest BCUT2D eigenvalue weighted by molar-refractivity contribution is 0.0652. The van der Waals surface area contributed by atoms with E-state index in [1.54, 1.807) is 0 Å². The quantitative estimate of drug-likeness (QED) is 0.804. The van der Waals surface area contributed by atoms with Crippen molar-refractivity contribution >= 4 is 0 Å². The minimum absolute atomic E-state index is 0.284. The lowest BCUT2D eigenvalue weighted by atomic mass is 9.93. The molecule has 0 radical (unpaired) electrons. The maximum Gasteiger partial charge on any atom is 0.0723 e. The highest BCUT2D eigenvalue weighted by atomic mass is 16.5. The Hall–Kier alpha value is -1.60. The van der Waals surface area contributed by atoms with Crippen molar-refractivity contribution in [2.45, 2.75) is 52.2 Å². The molecule has 2 aromatic carbocycles. The molecule has 1 heteroatoms. The molecule has 110 valence electrons. The third-order valence-corrected chi connectivity index (χ3v) is 4.25. The Bertz CT molecular complexity index is 596. The molecule has 0 aliphatic heterocycles. The summed E-state index contributed by atoms with van der Waals surface area (Å²) in [6.07, 6.45) is 4.70. The summed E-state index contributed by atoms with van der Waals surface area (Å²) in [5.41, 5.74) is 7.09. The fourth-order valence-electron chi connectivity index (χ4n) is 2.91. The molecule has 4 aliphatic carbocycles. The first kappa shape index (κ1) is 14.3. The summed E-state index contributed by atoms with van der Waals surface area (Å²) in [6.45, 7) is 4.93. The van der Waals surface area contributed by atoms with Crippen molar-refractivity contribution in [3.63, 3.8) is 0 Å². The first-order chi connectivity index (χ1) is 10.2. The zero-order valence-corrected chi connectivity index (χ0v) is 13.1. The molecule has 0 saturated heterocycles. The molecule has 4 bridgehead atoms. The molecule has 0 saturated carbocycles. The predicted molar refractivity (Wildman–Crippen MR) is 87.6 cm³/mol. The highest BCUT2D eigenvalue weighted by molar-refractivity contribution is 5.34. The number of benzene rings is 2. The highest BCUT2D eigenvalue weighted by Crippen LogP contribution is 2.20. The number of ether oxygens (including phenoxy) is 1. The summed E-state index contributed by atoms with van der Waals surface area (Å²) < 4.78 is 5.84. The van der Waals surface area contributed by atoms with Crippen LogP contribution in [0.25, 0.3) is 0 Å². The van der Waals surface area contributed by atoms with Crippen LogP contribution in [0.3, 0.4) is 0 Å². The maximum absolute atomic E-state index is 5.84. The average molecular weight is 280 g/mol. The third-order valence-electron chi connectivity index (χ3n) is 4.25. The van der Waals surface area contributed by atoms with E-state index in [1.807, 2.05) is 0 Å². The molecule has 0 atom stereocenters. The van der Waals surface area contributed by atoms with Crippen LogP contribution in [-0.4, -0.2) is 6.10 Å². The Morgan fingerprint density at radius 3 is 2.05 bits per heavy atom. The zero-order chi connectivity index (χ0) is 14.7. The molecule has 21 heavy (non-hydrogen) atoms. The maximum atomic E-state index is 5.84. The topological polar surface area (TPSA) is 9.23 Å². The summed E-state index contributed by atoms with van der Waals surface area (Å²) >= 11 is 0. The van der Waals surface area contributed by atoms with E-state index in [9.17, 15) is 0 Å². The number of aryl methyl sites for hydroxylation is 4. The summed E-state index contributed by atoms with van der Waals surface area (Å²) in [6, 6.07) is 16.1. The van der Waals surface area contributed by atoms with Crippen molar-refractivity contribution in [3.05, 3.63) is 70.3 Å². The van der Waals surface area contributed by atoms with Crippen LogP contribution in [0.4, 0.5) is 0 Å². The largest absolute Gasteiger partial charge is 0.374 e. The first-order valence-electron chi connectivity index (χ1n) is 8.01. The van der Waals surface area contributed by atoms with Crippen molar-refractivity contribution < 1.29 is 4.74 Å². The Morgan fingerprint density at radius 2 is 1.38 bits per heavy atom. The lowest BCUT2D eigenvalue weighted by Gasteiger charge is -2.15. The van der Waals surface area contributed by atoms with E-state index in [0.29, 0.717) is 0 Å². The second-order valence-corrected chi connectivity index (χ2v) is 6.28. The minimum atomic E-state index is 0.284. The molecule has 2 aromatic rings. The Morgan fingerprint density at radius 1 is 0.810 bits per heavy atom. The zero-order valence-electron chi connectivity index (χ0n) is 13.1. The second kappa shape index (κ2) is 6.44. The van der Waals surface area contributed by atoms with Crippen LogP contribution in [0.1, 0.15) is 41.7 Å². The normalized spacial score (nSPS) is 14.2. The fourth-order valence-corrected chi connectivity index (χ4v) is 2.91. The molecule has 0 N–H and O–H groups in total. The first-order valence-corrected chi connectivity index (χ1v) is 8.01. The molecule has 0 spiro atoms. The van der Waals surface area contributed by atoms with Gasteiger partial charge in [0.1, 0.15) is 0 Å². The van der Waals surface area contributed by atoms with Gasteiger partial charge in [0.2, 0.25) is 0 Å². The monoisotopic (exact) mass is 280 g/mol. The van der Waals surface area contributed by atoms with E-state index in [2.05, 4.69) is 56.3 Å². The van der Waals surface area contributed by atoms with Gasteiger partial charge >= 0.3 is 0 Å². The number of hydrogen-bond acceptors (Lipinski definition) is 1. The van der Waals surface area contributed by atoms with Gasteiger partial charge in [-0.2, -0.15) is 0 Å². The van der Waals surface area contributed by atoms with Crippen LogP contribution >= 0.6 is 0 Å². The lowest BCUT2D eigenvalue weighted by Crippen LogP contribution is -2.07. The van der Waals surface area contributed by atoms with Crippen molar-refractivity contribution in [1.82, 2.24) is 0 Å². The SMILES string of the molecule is CC(C)OCc1cc2ccc1CCc1ccc(cc1)CC2. The molecule has 0 unspecified atom stereocenters. The number of hydrogen-bond donors (Lipinski definition) is 0. The standard InChI is InChI=1S/C20H24O/c1-15(2)21-14-20-13-18-8-7-16-3-5-17(6-4-16)9-11-19(20)12-10-18/h3-6,10,12-13,15H,7-9,11,14H2,1-2H3. The van der Waals surface area contributed by atoms with E-state index in [4.69, 9.17) is 4.74 Å². The molecule has 0 aromatic heterocycles. The summed E-state index contributed by atoms with van der Waals surface area (Å²) in [7, 11) is 0. The van der Waals surface area contributed by atoms with Crippen LogP contribution in [0, 0.1) is 0 Å². The molecule has 6 rings (SSSR count). The van der Waals surface area contributed by atoms with Gasteiger partial charge in [-0.1, -0.05) is 42.5 Å². The molecule has 0 amide bonds. The van der Waals surface area contributed by atoms with Gasteiger partial charge < -0.3 is 4.74 Å². The van der Waals surface area contributed by atoms with Crippen molar-refractivity contribution in [1.29, 1.82) is 0 Å². The van der Waals surface area contributed by atoms with Gasteiger partial charge in [0.05, 0.1) is 12.7 Å². The predicted octanol–water partition coefficient (Wildman–Crippen LogP) is 4.50. The second-order valence-electron chi connectivity index (χ2n) is 6.28.